The minimum absolute atomic E-state index is 0.0645. The Bertz CT molecular complexity index is 719. The van der Waals surface area contributed by atoms with Crippen LogP contribution in [-0.2, 0) is 23.6 Å². The minimum Gasteiger partial charge on any atom is -0.481 e. The van der Waals surface area contributed by atoms with Gasteiger partial charge in [-0.3, -0.25) is 23.5 Å². The van der Waals surface area contributed by atoms with Gasteiger partial charge >= 0.3 is 11.7 Å². The fraction of sp³-hybridized carbons (Fsp3) is 0.538. The molecule has 1 aliphatic heterocycles. The summed E-state index contributed by atoms with van der Waals surface area (Å²) in [5, 5.41) is 8.91. The summed E-state index contributed by atoms with van der Waals surface area (Å²) < 4.78 is 7.18. The molecule has 0 unspecified atom stereocenters. The normalized spacial score (nSPS) is 18.3. The number of carboxylic acid groups (broad SMARTS) is 1. The smallest absolute Gasteiger partial charge is 0.331 e. The van der Waals surface area contributed by atoms with E-state index in [2.05, 4.69) is 0 Å². The van der Waals surface area contributed by atoms with Crippen LogP contribution < -0.4 is 11.2 Å². The Morgan fingerprint density at radius 2 is 2.00 bits per heavy atom. The van der Waals surface area contributed by atoms with E-state index in [1.807, 2.05) is 0 Å². The van der Waals surface area contributed by atoms with Gasteiger partial charge in [0.2, 0.25) is 0 Å². The summed E-state index contributed by atoms with van der Waals surface area (Å²) in [6, 6.07) is 0.453. The van der Waals surface area contributed by atoms with E-state index < -0.39 is 29.2 Å². The zero-order chi connectivity index (χ0) is 16.4. The highest BCUT2D eigenvalue weighted by atomic mass is 16.5. The molecule has 9 heteroatoms. The van der Waals surface area contributed by atoms with Crippen molar-refractivity contribution in [3.8, 4) is 0 Å². The van der Waals surface area contributed by atoms with Gasteiger partial charge in [0, 0.05) is 26.7 Å². The molecular weight excluding hydrogens is 294 g/mol. The number of morpholine rings is 1. The number of nitrogens with zero attached hydrogens (tertiary/aromatic N) is 3. The van der Waals surface area contributed by atoms with Gasteiger partial charge < -0.3 is 14.7 Å². The van der Waals surface area contributed by atoms with Gasteiger partial charge in [-0.1, -0.05) is 0 Å². The lowest BCUT2D eigenvalue weighted by molar-refractivity contribution is -0.139. The molecule has 120 valence electrons. The van der Waals surface area contributed by atoms with Crippen molar-refractivity contribution >= 4 is 11.9 Å². The molecule has 0 saturated carbocycles. The van der Waals surface area contributed by atoms with E-state index in [0.29, 0.717) is 0 Å². The Kier molecular flexibility index (Phi) is 4.45. The number of aliphatic carboxylic acids is 1. The molecule has 0 radical (unpaired) electrons. The fourth-order valence-corrected chi connectivity index (χ4v) is 2.38. The van der Waals surface area contributed by atoms with Crippen molar-refractivity contribution in [1.82, 2.24) is 14.0 Å². The third-order valence-electron chi connectivity index (χ3n) is 3.64. The summed E-state index contributed by atoms with van der Waals surface area (Å²) in [6.07, 6.45) is -0.259. The second-order valence-corrected chi connectivity index (χ2v) is 5.09. The maximum absolute atomic E-state index is 12.6. The number of hydrogen-bond acceptors (Lipinski definition) is 5. The van der Waals surface area contributed by atoms with Crippen molar-refractivity contribution in [3.63, 3.8) is 0 Å². The summed E-state index contributed by atoms with van der Waals surface area (Å²) in [6.45, 7) is 0.595. The zero-order valence-electron chi connectivity index (χ0n) is 12.3. The number of ether oxygens (including phenoxy) is 1. The Labute approximate surface area is 125 Å². The van der Waals surface area contributed by atoms with Crippen LogP contribution in [0.1, 0.15) is 16.9 Å². The van der Waals surface area contributed by atoms with E-state index in [9.17, 15) is 19.2 Å². The first-order chi connectivity index (χ1) is 10.3. The number of amides is 1. The highest BCUT2D eigenvalue weighted by Crippen LogP contribution is 2.14. The van der Waals surface area contributed by atoms with Gasteiger partial charge in [-0.25, -0.2) is 4.79 Å². The van der Waals surface area contributed by atoms with Crippen LogP contribution in [0.5, 0.6) is 0 Å². The molecule has 0 bridgehead atoms. The summed E-state index contributed by atoms with van der Waals surface area (Å²) >= 11 is 0. The molecule has 1 aromatic heterocycles. The molecule has 1 aliphatic rings. The Morgan fingerprint density at radius 3 is 2.64 bits per heavy atom. The molecule has 2 rings (SSSR count). The van der Waals surface area contributed by atoms with Crippen LogP contribution in [0.25, 0.3) is 0 Å². The van der Waals surface area contributed by atoms with Crippen molar-refractivity contribution in [2.24, 2.45) is 14.1 Å². The average molecular weight is 311 g/mol. The third kappa shape index (κ3) is 2.93. The van der Waals surface area contributed by atoms with Crippen LogP contribution in [0.3, 0.4) is 0 Å². The lowest BCUT2D eigenvalue weighted by atomic mass is 10.1. The van der Waals surface area contributed by atoms with Crippen molar-refractivity contribution in [1.29, 1.82) is 0 Å². The summed E-state index contributed by atoms with van der Waals surface area (Å²) in [5.41, 5.74) is -1.27. The van der Waals surface area contributed by atoms with Crippen molar-refractivity contribution in [2.75, 3.05) is 19.8 Å². The molecule has 9 nitrogen and oxygen atoms in total. The first-order valence-electron chi connectivity index (χ1n) is 6.70. The summed E-state index contributed by atoms with van der Waals surface area (Å²) in [4.78, 5) is 48.4. The van der Waals surface area contributed by atoms with Crippen molar-refractivity contribution in [2.45, 2.75) is 12.5 Å². The SMILES string of the molecule is Cn1c(C(=O)N2CCOC[C@@H]2CC(=O)O)cc(=O)n(C)c1=O. The third-order valence-corrected chi connectivity index (χ3v) is 3.64. The van der Waals surface area contributed by atoms with Gasteiger partial charge in [-0.05, 0) is 0 Å². The molecule has 0 aliphatic carbocycles. The van der Waals surface area contributed by atoms with Crippen molar-refractivity contribution < 1.29 is 19.4 Å². The lowest BCUT2D eigenvalue weighted by Crippen LogP contribution is -2.51. The molecule has 1 atom stereocenters. The monoisotopic (exact) mass is 311 g/mol. The predicted octanol–water partition coefficient (Wildman–Crippen LogP) is -1.60. The average Bonchev–Trinajstić information content (AvgIpc) is 2.48. The lowest BCUT2D eigenvalue weighted by Gasteiger charge is -2.35. The minimum atomic E-state index is -1.05. The fourth-order valence-electron chi connectivity index (χ4n) is 2.38. The molecule has 1 fully saturated rings. The number of aromatic nitrogens is 2. The zero-order valence-corrected chi connectivity index (χ0v) is 12.3. The molecule has 1 aromatic rings. The Morgan fingerprint density at radius 1 is 1.32 bits per heavy atom. The van der Waals surface area contributed by atoms with Gasteiger partial charge in [0.1, 0.15) is 5.69 Å². The molecule has 0 spiro atoms. The number of carboxylic acids is 1. The summed E-state index contributed by atoms with van der Waals surface area (Å²) in [7, 11) is 2.71. The van der Waals surface area contributed by atoms with Crippen LogP contribution in [0.2, 0.25) is 0 Å². The van der Waals surface area contributed by atoms with Gasteiger partial charge in [-0.15, -0.1) is 0 Å². The highest BCUT2D eigenvalue weighted by Gasteiger charge is 2.31. The van der Waals surface area contributed by atoms with Crippen LogP contribution in [-0.4, -0.2) is 56.8 Å². The van der Waals surface area contributed by atoms with Crippen LogP contribution >= 0.6 is 0 Å². The Balaban J connectivity index is 2.40. The van der Waals surface area contributed by atoms with E-state index in [1.165, 1.54) is 19.0 Å². The van der Waals surface area contributed by atoms with Crippen molar-refractivity contribution in [3.05, 3.63) is 32.6 Å². The quantitative estimate of drug-likeness (QED) is 0.720. The first kappa shape index (κ1) is 16.0. The second kappa shape index (κ2) is 6.14. The number of rotatable bonds is 3. The van der Waals surface area contributed by atoms with E-state index in [4.69, 9.17) is 9.84 Å². The Hall–Kier alpha value is -2.42. The highest BCUT2D eigenvalue weighted by molar-refractivity contribution is 5.93. The largest absolute Gasteiger partial charge is 0.481 e. The van der Waals surface area contributed by atoms with E-state index in [0.717, 1.165) is 15.2 Å². The summed E-state index contributed by atoms with van der Waals surface area (Å²) in [5.74, 6) is -1.60. The number of hydrogen-bond donors (Lipinski definition) is 1. The van der Waals surface area contributed by atoms with Crippen LogP contribution in [0, 0.1) is 0 Å². The molecule has 22 heavy (non-hydrogen) atoms. The molecule has 2 heterocycles. The predicted molar refractivity (Wildman–Crippen MR) is 74.8 cm³/mol. The topological polar surface area (TPSA) is 111 Å². The van der Waals surface area contributed by atoms with E-state index in [-0.39, 0.29) is 31.9 Å². The first-order valence-corrected chi connectivity index (χ1v) is 6.70. The van der Waals surface area contributed by atoms with E-state index >= 15 is 0 Å². The molecule has 0 aromatic carbocycles. The molecule has 1 saturated heterocycles. The van der Waals surface area contributed by atoms with Gasteiger partial charge in [0.15, 0.2) is 0 Å². The maximum atomic E-state index is 12.6. The second-order valence-electron chi connectivity index (χ2n) is 5.09. The van der Waals surface area contributed by atoms with Gasteiger partial charge in [0.25, 0.3) is 11.5 Å². The van der Waals surface area contributed by atoms with Gasteiger partial charge in [0.05, 0.1) is 25.7 Å². The molecule has 1 amide bonds. The standard InChI is InChI=1S/C13H17N3O6/c1-14-9(6-10(17)15(2)13(14)21)12(20)16-3-4-22-7-8(16)5-11(18)19/h6,8H,3-5,7H2,1-2H3,(H,18,19)/t8-/m0/s1. The van der Waals surface area contributed by atoms with Crippen LogP contribution in [0.4, 0.5) is 0 Å². The maximum Gasteiger partial charge on any atom is 0.331 e. The van der Waals surface area contributed by atoms with Gasteiger partial charge in [-0.2, -0.15) is 0 Å². The molecule has 1 N–H and O–H groups in total. The van der Waals surface area contributed by atoms with E-state index in [1.54, 1.807) is 0 Å². The molecular formula is C13H17N3O6. The number of carbonyl (C=O) groups is 2. The van der Waals surface area contributed by atoms with Crippen LogP contribution in [0.15, 0.2) is 15.7 Å². The number of carbonyl (C=O) groups excluding carboxylic acids is 1.